The molecule has 2 aromatic heterocycles. The second-order valence-electron chi connectivity index (χ2n) is 6.07. The van der Waals surface area contributed by atoms with Gasteiger partial charge in [-0.05, 0) is 25.0 Å². The number of aryl methyl sites for hydroxylation is 1. The quantitative estimate of drug-likeness (QED) is 0.362. The number of nitrogens with two attached hydrogens (primary N) is 1. The normalized spacial score (nSPS) is 10.8. The van der Waals surface area contributed by atoms with Crippen LogP contribution in [0.25, 0.3) is 10.9 Å². The predicted octanol–water partition coefficient (Wildman–Crippen LogP) is 2.40. The molecule has 0 aliphatic carbocycles. The number of H-pyrrole nitrogens is 1. The summed E-state index contributed by atoms with van der Waals surface area (Å²) >= 11 is 0. The molecule has 5 N–H and O–H groups in total. The highest BCUT2D eigenvalue weighted by Gasteiger charge is 2.23. The Morgan fingerprint density at radius 3 is 2.86 bits per heavy atom. The molecule has 3 rings (SSSR count). The molecule has 0 unspecified atom stereocenters. The van der Waals surface area contributed by atoms with Crippen LogP contribution in [0.1, 0.15) is 22.5 Å². The highest BCUT2D eigenvalue weighted by molar-refractivity contribution is 6.02. The van der Waals surface area contributed by atoms with Crippen molar-refractivity contribution >= 4 is 28.2 Å². The number of halogens is 1. The number of nitrogen functional groups attached to an aromatic ring is 1. The van der Waals surface area contributed by atoms with Gasteiger partial charge in [-0.15, -0.1) is 0 Å². The van der Waals surface area contributed by atoms with E-state index in [0.717, 1.165) is 11.9 Å². The van der Waals surface area contributed by atoms with Crippen molar-refractivity contribution in [3.8, 4) is 5.75 Å². The van der Waals surface area contributed by atoms with Gasteiger partial charge in [-0.2, -0.15) is 0 Å². The number of nitrogens with zero attached hydrogens (tertiary/aromatic N) is 1. The van der Waals surface area contributed by atoms with Crippen LogP contribution in [0.5, 0.6) is 5.75 Å². The molecule has 0 aliphatic heterocycles. The molecule has 0 radical (unpaired) electrons. The number of carbonyl (C=O) groups is 1. The molecular formula is C19H19FN4O4. The Morgan fingerprint density at radius 1 is 1.43 bits per heavy atom. The second kappa shape index (κ2) is 7.95. The monoisotopic (exact) mass is 386 g/mol. The van der Waals surface area contributed by atoms with Gasteiger partial charge in [-0.1, -0.05) is 6.07 Å². The third-order valence-electron chi connectivity index (χ3n) is 4.33. The summed E-state index contributed by atoms with van der Waals surface area (Å²) in [4.78, 5) is 30.5. The highest BCUT2D eigenvalue weighted by Crippen LogP contribution is 2.38. The number of pyridine rings is 2. The number of anilines is 2. The fraction of sp³-hybridized carbons (Fsp3) is 0.211. The molecule has 8 nitrogen and oxygen atoms in total. The molecule has 2 heterocycles. The number of aromatic nitrogens is 2. The van der Waals surface area contributed by atoms with Crippen LogP contribution in [0.2, 0.25) is 0 Å². The Labute approximate surface area is 159 Å². The maximum absolute atomic E-state index is 14.9. The minimum atomic E-state index is -1.43. The van der Waals surface area contributed by atoms with E-state index in [1.165, 1.54) is 7.11 Å². The topological polar surface area (TPSA) is 130 Å². The van der Waals surface area contributed by atoms with Crippen LogP contribution in [0.3, 0.4) is 0 Å². The maximum atomic E-state index is 14.9. The first-order valence-corrected chi connectivity index (χ1v) is 8.53. The van der Waals surface area contributed by atoms with Gasteiger partial charge in [-0.3, -0.25) is 9.78 Å². The summed E-state index contributed by atoms with van der Waals surface area (Å²) in [5.41, 5.74) is 5.02. The van der Waals surface area contributed by atoms with Gasteiger partial charge < -0.3 is 25.9 Å². The molecule has 3 aromatic rings. The van der Waals surface area contributed by atoms with Crippen molar-refractivity contribution < 1.29 is 19.0 Å². The average Bonchev–Trinajstić information content (AvgIpc) is 2.69. The highest BCUT2D eigenvalue weighted by atomic mass is 19.1. The van der Waals surface area contributed by atoms with Gasteiger partial charge in [0.15, 0.2) is 11.6 Å². The van der Waals surface area contributed by atoms with Crippen LogP contribution in [0, 0.1) is 5.82 Å². The molecule has 0 saturated carbocycles. The van der Waals surface area contributed by atoms with E-state index in [4.69, 9.17) is 15.6 Å². The Morgan fingerprint density at radius 2 is 2.21 bits per heavy atom. The van der Waals surface area contributed by atoms with Crippen LogP contribution in [-0.2, 0) is 6.42 Å². The Balaban J connectivity index is 1.94. The van der Waals surface area contributed by atoms with Crippen LogP contribution in [-0.4, -0.2) is 34.7 Å². The van der Waals surface area contributed by atoms with Crippen LogP contribution in [0.15, 0.2) is 35.4 Å². The number of aromatic amines is 1. The van der Waals surface area contributed by atoms with Crippen molar-refractivity contribution in [3.63, 3.8) is 0 Å². The summed E-state index contributed by atoms with van der Waals surface area (Å²) in [7, 11) is 1.33. The molecule has 146 valence electrons. The van der Waals surface area contributed by atoms with Crippen LogP contribution in [0.4, 0.5) is 15.8 Å². The molecule has 28 heavy (non-hydrogen) atoms. The van der Waals surface area contributed by atoms with E-state index >= 15 is 0 Å². The zero-order valence-corrected chi connectivity index (χ0v) is 15.1. The predicted molar refractivity (Wildman–Crippen MR) is 103 cm³/mol. The van der Waals surface area contributed by atoms with Gasteiger partial charge in [0.2, 0.25) is 5.43 Å². The number of carboxylic acids is 1. The van der Waals surface area contributed by atoms with Gasteiger partial charge in [0.05, 0.1) is 23.7 Å². The molecule has 0 bridgehead atoms. The third-order valence-corrected chi connectivity index (χ3v) is 4.33. The first kappa shape index (κ1) is 19.2. The van der Waals surface area contributed by atoms with Crippen molar-refractivity contribution in [1.29, 1.82) is 0 Å². The van der Waals surface area contributed by atoms with E-state index in [9.17, 15) is 14.0 Å². The van der Waals surface area contributed by atoms with Crippen LogP contribution >= 0.6 is 0 Å². The van der Waals surface area contributed by atoms with E-state index < -0.39 is 28.5 Å². The molecule has 0 aliphatic rings. The number of aromatic carboxylic acids is 1. The van der Waals surface area contributed by atoms with Gasteiger partial charge in [0.25, 0.3) is 0 Å². The molecule has 9 heteroatoms. The van der Waals surface area contributed by atoms with Crippen molar-refractivity contribution in [2.24, 2.45) is 0 Å². The lowest BCUT2D eigenvalue weighted by atomic mass is 10.1. The second-order valence-corrected chi connectivity index (χ2v) is 6.07. The molecule has 1 aromatic carbocycles. The van der Waals surface area contributed by atoms with Gasteiger partial charge >= 0.3 is 5.97 Å². The maximum Gasteiger partial charge on any atom is 0.341 e. The number of hydrogen-bond donors (Lipinski definition) is 4. The molecular weight excluding hydrogens is 367 g/mol. The van der Waals surface area contributed by atoms with E-state index in [2.05, 4.69) is 15.3 Å². The van der Waals surface area contributed by atoms with Crippen molar-refractivity contribution in [2.45, 2.75) is 12.8 Å². The van der Waals surface area contributed by atoms with Gasteiger partial charge in [-0.25, -0.2) is 9.18 Å². The molecule has 0 fully saturated rings. The van der Waals surface area contributed by atoms with Crippen LogP contribution < -0.4 is 21.2 Å². The van der Waals surface area contributed by atoms with Crippen molar-refractivity contribution in [1.82, 2.24) is 9.97 Å². The lowest BCUT2D eigenvalue weighted by Gasteiger charge is -2.16. The van der Waals surface area contributed by atoms with E-state index in [0.29, 0.717) is 19.4 Å². The van der Waals surface area contributed by atoms with E-state index in [1.807, 2.05) is 18.2 Å². The molecule has 0 saturated heterocycles. The number of rotatable bonds is 7. The molecule has 0 amide bonds. The number of benzene rings is 1. The Kier molecular flexibility index (Phi) is 5.44. The van der Waals surface area contributed by atoms with Gasteiger partial charge in [0.1, 0.15) is 11.3 Å². The first-order valence-electron chi connectivity index (χ1n) is 8.53. The zero-order valence-electron chi connectivity index (χ0n) is 15.1. The summed E-state index contributed by atoms with van der Waals surface area (Å²) in [6.07, 6.45) is 4.11. The van der Waals surface area contributed by atoms with E-state index in [1.54, 1.807) is 6.20 Å². The smallest absolute Gasteiger partial charge is 0.341 e. The standard InChI is InChI=1S/C19H19FN4O4/c1-28-18-15-12(17(25)11(9-24-15)19(26)27)14(21)13(20)16(18)23-8-4-6-10-5-2-3-7-22-10/h2-3,5,7,9,23H,4,6,8,21H2,1H3,(H,24,25)(H,26,27). The largest absolute Gasteiger partial charge is 0.492 e. The first-order chi connectivity index (χ1) is 13.5. The van der Waals surface area contributed by atoms with E-state index in [-0.39, 0.29) is 22.3 Å². The summed E-state index contributed by atoms with van der Waals surface area (Å²) in [6.45, 7) is 0.409. The number of methoxy groups -OCH3 is 1. The minimum absolute atomic E-state index is 0.00671. The number of fused-ring (bicyclic) bond motifs is 1. The average molecular weight is 386 g/mol. The Hall–Kier alpha value is -3.62. The number of hydrogen-bond acceptors (Lipinski definition) is 6. The molecule has 0 spiro atoms. The van der Waals surface area contributed by atoms with Crippen molar-refractivity contribution in [3.05, 3.63) is 57.9 Å². The summed E-state index contributed by atoms with van der Waals surface area (Å²) in [5, 5.41) is 11.8. The fourth-order valence-corrected chi connectivity index (χ4v) is 2.99. The fourth-order valence-electron chi connectivity index (χ4n) is 2.99. The Bertz CT molecular complexity index is 1080. The lowest BCUT2D eigenvalue weighted by Crippen LogP contribution is -2.18. The number of carboxylic acid groups (broad SMARTS) is 1. The van der Waals surface area contributed by atoms with Gasteiger partial charge in [0, 0.05) is 24.6 Å². The summed E-state index contributed by atoms with van der Waals surface area (Å²) < 4.78 is 20.1. The number of ether oxygens (including phenoxy) is 1. The summed E-state index contributed by atoms with van der Waals surface area (Å²) in [5.74, 6) is -2.25. The lowest BCUT2D eigenvalue weighted by molar-refractivity contribution is 0.0695. The SMILES string of the molecule is COc1c(NCCCc2ccccn2)c(F)c(N)c2c(=O)c(C(=O)O)c[nH]c12. The number of nitrogens with one attached hydrogen (secondary N) is 2. The zero-order chi connectivity index (χ0) is 20.3. The molecule has 0 atom stereocenters. The minimum Gasteiger partial charge on any atom is -0.492 e. The summed E-state index contributed by atoms with van der Waals surface area (Å²) in [6, 6.07) is 5.63. The third kappa shape index (κ3) is 3.46. The van der Waals surface area contributed by atoms with Crippen molar-refractivity contribution in [2.75, 3.05) is 24.7 Å².